The van der Waals surface area contributed by atoms with Crippen LogP contribution < -0.4 is 11.1 Å². The molecule has 0 saturated carbocycles. The van der Waals surface area contributed by atoms with Gasteiger partial charge in [0.1, 0.15) is 0 Å². The maximum Gasteiger partial charge on any atom is 0.220 e. The van der Waals surface area contributed by atoms with E-state index >= 15 is 0 Å². The molecule has 3 N–H and O–H groups in total. The minimum atomic E-state index is 0.0998. The van der Waals surface area contributed by atoms with Crippen molar-refractivity contribution >= 4 is 5.91 Å². The predicted molar refractivity (Wildman–Crippen MR) is 61.6 cm³/mol. The summed E-state index contributed by atoms with van der Waals surface area (Å²) in [6, 6.07) is 0. The van der Waals surface area contributed by atoms with E-state index in [0.29, 0.717) is 18.9 Å². The molecule has 0 fully saturated rings. The van der Waals surface area contributed by atoms with Crippen LogP contribution in [0.4, 0.5) is 0 Å². The van der Waals surface area contributed by atoms with E-state index < -0.39 is 0 Å². The number of hydrogen-bond donors (Lipinski definition) is 2. The molecule has 0 aromatic carbocycles. The molecule has 4 heteroatoms. The molecule has 15 heavy (non-hydrogen) atoms. The van der Waals surface area contributed by atoms with Gasteiger partial charge in [0.25, 0.3) is 0 Å². The molecule has 0 bridgehead atoms. The standard InChI is InChI=1S/C11H24N2O2/c1-9(6-7-12)8-13-11(14)5-4-10(2)15-3/h9-10H,4-8,12H2,1-3H3,(H,13,14). The first-order valence-corrected chi connectivity index (χ1v) is 5.59. The largest absolute Gasteiger partial charge is 0.382 e. The number of amides is 1. The van der Waals surface area contributed by atoms with Gasteiger partial charge in [-0.05, 0) is 32.2 Å². The smallest absolute Gasteiger partial charge is 0.220 e. The van der Waals surface area contributed by atoms with E-state index in [0.717, 1.165) is 19.4 Å². The first kappa shape index (κ1) is 14.4. The second kappa shape index (κ2) is 8.68. The van der Waals surface area contributed by atoms with Crippen molar-refractivity contribution in [2.24, 2.45) is 11.7 Å². The summed E-state index contributed by atoms with van der Waals surface area (Å²) >= 11 is 0. The molecule has 0 spiro atoms. The third-order valence-corrected chi connectivity index (χ3v) is 2.49. The highest BCUT2D eigenvalue weighted by Gasteiger charge is 2.07. The highest BCUT2D eigenvalue weighted by molar-refractivity contribution is 5.75. The number of nitrogens with one attached hydrogen (secondary N) is 1. The molecule has 0 aromatic heterocycles. The number of methoxy groups -OCH3 is 1. The normalized spacial score (nSPS) is 14.7. The van der Waals surface area contributed by atoms with Gasteiger partial charge in [0, 0.05) is 20.1 Å². The van der Waals surface area contributed by atoms with Gasteiger partial charge in [0.2, 0.25) is 5.91 Å². The van der Waals surface area contributed by atoms with Crippen molar-refractivity contribution in [3.05, 3.63) is 0 Å². The maximum atomic E-state index is 11.4. The molecule has 2 unspecified atom stereocenters. The molecule has 0 heterocycles. The van der Waals surface area contributed by atoms with Crippen molar-refractivity contribution in [1.29, 1.82) is 0 Å². The molecular formula is C11H24N2O2. The van der Waals surface area contributed by atoms with Gasteiger partial charge < -0.3 is 15.8 Å². The van der Waals surface area contributed by atoms with Gasteiger partial charge in [-0.25, -0.2) is 0 Å². The summed E-state index contributed by atoms with van der Waals surface area (Å²) < 4.78 is 5.07. The SMILES string of the molecule is COC(C)CCC(=O)NCC(C)CCN. The molecule has 0 rings (SSSR count). The lowest BCUT2D eigenvalue weighted by molar-refractivity contribution is -0.121. The van der Waals surface area contributed by atoms with E-state index in [1.165, 1.54) is 0 Å². The zero-order valence-electron chi connectivity index (χ0n) is 10.1. The van der Waals surface area contributed by atoms with E-state index in [1.807, 2.05) is 6.92 Å². The first-order chi connectivity index (χ1) is 7.10. The third-order valence-electron chi connectivity index (χ3n) is 2.49. The molecule has 0 aliphatic heterocycles. The Morgan fingerprint density at radius 1 is 1.40 bits per heavy atom. The van der Waals surface area contributed by atoms with Crippen LogP contribution in [0.1, 0.15) is 33.1 Å². The molecule has 90 valence electrons. The Kier molecular flexibility index (Phi) is 8.33. The molecule has 0 aromatic rings. The fourth-order valence-electron chi connectivity index (χ4n) is 1.22. The van der Waals surface area contributed by atoms with Crippen LogP contribution >= 0.6 is 0 Å². The highest BCUT2D eigenvalue weighted by Crippen LogP contribution is 2.01. The highest BCUT2D eigenvalue weighted by atomic mass is 16.5. The summed E-state index contributed by atoms with van der Waals surface area (Å²) in [5, 5.41) is 2.90. The fourth-order valence-corrected chi connectivity index (χ4v) is 1.22. The summed E-state index contributed by atoms with van der Waals surface area (Å²) in [6.45, 7) is 5.45. The minimum Gasteiger partial charge on any atom is -0.382 e. The Morgan fingerprint density at radius 3 is 2.60 bits per heavy atom. The zero-order valence-corrected chi connectivity index (χ0v) is 10.1. The summed E-state index contributed by atoms with van der Waals surface area (Å²) in [7, 11) is 1.66. The summed E-state index contributed by atoms with van der Waals surface area (Å²) in [6.07, 6.45) is 2.41. The quantitative estimate of drug-likeness (QED) is 0.633. The zero-order chi connectivity index (χ0) is 11.7. The Bertz CT molecular complexity index is 174. The average Bonchev–Trinajstić information content (AvgIpc) is 2.23. The number of carbonyl (C=O) groups excluding carboxylic acids is 1. The van der Waals surface area contributed by atoms with Gasteiger partial charge in [-0.2, -0.15) is 0 Å². The van der Waals surface area contributed by atoms with Gasteiger partial charge in [-0.1, -0.05) is 6.92 Å². The summed E-state index contributed by atoms with van der Waals surface area (Å²) in [4.78, 5) is 11.4. The molecule has 1 amide bonds. The van der Waals surface area contributed by atoms with Crippen LogP contribution in [-0.2, 0) is 9.53 Å². The second-order valence-corrected chi connectivity index (χ2v) is 4.07. The Hall–Kier alpha value is -0.610. The van der Waals surface area contributed by atoms with Crippen molar-refractivity contribution in [3.63, 3.8) is 0 Å². The molecule has 0 saturated heterocycles. The monoisotopic (exact) mass is 216 g/mol. The Labute approximate surface area is 92.6 Å². The number of nitrogens with two attached hydrogens (primary N) is 1. The van der Waals surface area contributed by atoms with Crippen molar-refractivity contribution in [1.82, 2.24) is 5.32 Å². The van der Waals surface area contributed by atoms with Gasteiger partial charge >= 0.3 is 0 Å². The number of carbonyl (C=O) groups is 1. The van der Waals surface area contributed by atoms with Crippen LogP contribution in [0.5, 0.6) is 0 Å². The number of ether oxygens (including phenoxy) is 1. The lowest BCUT2D eigenvalue weighted by Gasteiger charge is -2.12. The van der Waals surface area contributed by atoms with Crippen LogP contribution in [-0.4, -0.2) is 32.2 Å². The van der Waals surface area contributed by atoms with Crippen LogP contribution in [0.25, 0.3) is 0 Å². The van der Waals surface area contributed by atoms with Crippen molar-refractivity contribution in [3.8, 4) is 0 Å². The van der Waals surface area contributed by atoms with E-state index in [4.69, 9.17) is 10.5 Å². The van der Waals surface area contributed by atoms with Crippen LogP contribution in [0.15, 0.2) is 0 Å². The second-order valence-electron chi connectivity index (χ2n) is 4.07. The lowest BCUT2D eigenvalue weighted by atomic mass is 10.1. The van der Waals surface area contributed by atoms with Gasteiger partial charge in [0.05, 0.1) is 6.10 Å². The summed E-state index contributed by atoms with van der Waals surface area (Å²) in [5.74, 6) is 0.557. The Balaban J connectivity index is 3.48. The molecule has 0 aliphatic carbocycles. The predicted octanol–water partition coefficient (Wildman–Crippen LogP) is 0.903. The van der Waals surface area contributed by atoms with Crippen LogP contribution in [0.2, 0.25) is 0 Å². The van der Waals surface area contributed by atoms with Gasteiger partial charge in [-0.3, -0.25) is 4.79 Å². The van der Waals surface area contributed by atoms with E-state index in [1.54, 1.807) is 7.11 Å². The topological polar surface area (TPSA) is 64.3 Å². The average molecular weight is 216 g/mol. The molecule has 2 atom stereocenters. The summed E-state index contributed by atoms with van der Waals surface area (Å²) in [5.41, 5.74) is 5.42. The fraction of sp³-hybridized carbons (Fsp3) is 0.909. The minimum absolute atomic E-state index is 0.0998. The van der Waals surface area contributed by atoms with Crippen molar-refractivity contribution in [2.75, 3.05) is 20.2 Å². The molecule has 0 aliphatic rings. The molecular weight excluding hydrogens is 192 g/mol. The van der Waals surface area contributed by atoms with Gasteiger partial charge in [-0.15, -0.1) is 0 Å². The molecule has 0 radical (unpaired) electrons. The first-order valence-electron chi connectivity index (χ1n) is 5.59. The van der Waals surface area contributed by atoms with Gasteiger partial charge in [0.15, 0.2) is 0 Å². The van der Waals surface area contributed by atoms with E-state index in [9.17, 15) is 4.79 Å². The van der Waals surface area contributed by atoms with E-state index in [2.05, 4.69) is 12.2 Å². The number of rotatable bonds is 8. The lowest BCUT2D eigenvalue weighted by Crippen LogP contribution is -2.29. The van der Waals surface area contributed by atoms with Crippen molar-refractivity contribution < 1.29 is 9.53 Å². The maximum absolute atomic E-state index is 11.4. The molecule has 4 nitrogen and oxygen atoms in total. The van der Waals surface area contributed by atoms with Crippen LogP contribution in [0.3, 0.4) is 0 Å². The van der Waals surface area contributed by atoms with Crippen molar-refractivity contribution in [2.45, 2.75) is 39.2 Å². The Morgan fingerprint density at radius 2 is 2.07 bits per heavy atom. The van der Waals surface area contributed by atoms with Crippen LogP contribution in [0, 0.1) is 5.92 Å². The third kappa shape index (κ3) is 8.39. The number of hydrogen-bond acceptors (Lipinski definition) is 3. The van der Waals surface area contributed by atoms with E-state index in [-0.39, 0.29) is 12.0 Å².